The van der Waals surface area contributed by atoms with E-state index >= 15 is 0 Å². The van der Waals surface area contributed by atoms with E-state index < -0.39 is 16.8 Å². The first-order valence-corrected chi connectivity index (χ1v) is 3.37. The first-order chi connectivity index (χ1) is 3.13. The third kappa shape index (κ3) is 5.62. The number of rotatable bonds is 2. The van der Waals surface area contributed by atoms with Gasteiger partial charge in [-0.3, -0.25) is 9.00 Å². The summed E-state index contributed by atoms with van der Waals surface area (Å²) in [6.45, 7) is 0. The Balaban J connectivity index is 3.32. The molecule has 7 heavy (non-hydrogen) atoms. The fraction of sp³-hybridized carbons (Fsp3) is 0.667. The first-order valence-electron chi connectivity index (χ1n) is 1.64. The van der Waals surface area contributed by atoms with Gasteiger partial charge in [-0.05, 0) is 0 Å². The topological polar surface area (TPSA) is 54.4 Å². The molecule has 0 rings (SSSR count). The summed E-state index contributed by atoms with van der Waals surface area (Å²) in [5, 5.41) is 7.89. The van der Waals surface area contributed by atoms with Crippen molar-refractivity contribution in [1.29, 1.82) is 0 Å². The lowest BCUT2D eigenvalue weighted by molar-refractivity contribution is -0.133. The first kappa shape index (κ1) is 6.62. The standard InChI is InChI=1S/C3H6O3S/c1-7(6)2-3(4)5/h2H2,1H3,(H,4,5)/t7-/m1/s1. The van der Waals surface area contributed by atoms with Gasteiger partial charge < -0.3 is 5.11 Å². The van der Waals surface area contributed by atoms with Gasteiger partial charge in [-0.2, -0.15) is 0 Å². The van der Waals surface area contributed by atoms with Crippen LogP contribution in [0.2, 0.25) is 0 Å². The SMILES string of the molecule is C[S@@](=O)CC(=O)O. The van der Waals surface area contributed by atoms with Crippen molar-refractivity contribution in [2.75, 3.05) is 12.0 Å². The molecule has 0 amide bonds. The normalized spacial score (nSPS) is 13.3. The van der Waals surface area contributed by atoms with Crippen molar-refractivity contribution in [2.45, 2.75) is 0 Å². The zero-order valence-electron chi connectivity index (χ0n) is 3.88. The number of aliphatic carboxylic acids is 1. The molecule has 0 radical (unpaired) electrons. The van der Waals surface area contributed by atoms with Crippen LogP contribution in [-0.4, -0.2) is 27.3 Å². The summed E-state index contributed by atoms with van der Waals surface area (Å²) < 4.78 is 9.98. The number of carboxylic acid groups (broad SMARTS) is 1. The molecule has 0 aliphatic rings. The summed E-state index contributed by atoms with van der Waals surface area (Å²) >= 11 is 0. The summed E-state index contributed by atoms with van der Waals surface area (Å²) in [5.41, 5.74) is 0. The average Bonchev–Trinajstić information content (AvgIpc) is 1.27. The molecule has 0 spiro atoms. The maximum atomic E-state index is 9.98. The van der Waals surface area contributed by atoms with Crippen LogP contribution in [0.1, 0.15) is 0 Å². The van der Waals surface area contributed by atoms with E-state index in [4.69, 9.17) is 5.11 Å². The molecule has 42 valence electrons. The molecule has 1 N–H and O–H groups in total. The van der Waals surface area contributed by atoms with Gasteiger partial charge in [0.1, 0.15) is 5.75 Å². The molecule has 0 saturated heterocycles. The Morgan fingerprint density at radius 1 is 1.86 bits per heavy atom. The summed E-state index contributed by atoms with van der Waals surface area (Å²) in [4.78, 5) is 9.62. The predicted molar refractivity (Wildman–Crippen MR) is 26.6 cm³/mol. The number of carbonyl (C=O) groups is 1. The van der Waals surface area contributed by atoms with Gasteiger partial charge in [0.05, 0.1) is 0 Å². The van der Waals surface area contributed by atoms with Crippen LogP contribution in [0, 0.1) is 0 Å². The van der Waals surface area contributed by atoms with Crippen molar-refractivity contribution in [2.24, 2.45) is 0 Å². The Bertz CT molecular complexity index is 86.4. The molecule has 0 saturated carbocycles. The molecule has 0 aliphatic heterocycles. The highest BCUT2D eigenvalue weighted by atomic mass is 32.2. The number of hydrogen-bond donors (Lipinski definition) is 1. The van der Waals surface area contributed by atoms with E-state index in [1.165, 1.54) is 6.26 Å². The van der Waals surface area contributed by atoms with Crippen molar-refractivity contribution in [3.63, 3.8) is 0 Å². The molecule has 3 nitrogen and oxygen atoms in total. The van der Waals surface area contributed by atoms with Gasteiger partial charge in [0.2, 0.25) is 0 Å². The number of hydrogen-bond acceptors (Lipinski definition) is 2. The lowest BCUT2D eigenvalue weighted by Gasteiger charge is -1.82. The summed E-state index contributed by atoms with van der Waals surface area (Å²) in [6, 6.07) is 0. The van der Waals surface area contributed by atoms with E-state index in [-0.39, 0.29) is 5.75 Å². The minimum atomic E-state index is -1.20. The van der Waals surface area contributed by atoms with E-state index in [0.717, 1.165) is 0 Å². The van der Waals surface area contributed by atoms with Crippen LogP contribution >= 0.6 is 0 Å². The maximum Gasteiger partial charge on any atom is 0.316 e. The highest BCUT2D eigenvalue weighted by Gasteiger charge is 1.96. The molecule has 0 bridgehead atoms. The maximum absolute atomic E-state index is 9.98. The summed E-state index contributed by atoms with van der Waals surface area (Å²) in [5.74, 6) is -1.26. The molecule has 0 aromatic rings. The highest BCUT2D eigenvalue weighted by molar-refractivity contribution is 7.84. The lowest BCUT2D eigenvalue weighted by Crippen LogP contribution is -2.06. The highest BCUT2D eigenvalue weighted by Crippen LogP contribution is 1.70. The van der Waals surface area contributed by atoms with E-state index in [1.807, 2.05) is 0 Å². The van der Waals surface area contributed by atoms with E-state index in [2.05, 4.69) is 0 Å². The molecular formula is C3H6O3S. The van der Waals surface area contributed by atoms with Gasteiger partial charge in [0.25, 0.3) is 0 Å². The van der Waals surface area contributed by atoms with Crippen LogP contribution < -0.4 is 0 Å². The zero-order chi connectivity index (χ0) is 5.86. The van der Waals surface area contributed by atoms with Crippen LogP contribution in [0.25, 0.3) is 0 Å². The van der Waals surface area contributed by atoms with Gasteiger partial charge >= 0.3 is 5.97 Å². The smallest absolute Gasteiger partial charge is 0.316 e. The third-order valence-electron chi connectivity index (χ3n) is 0.327. The molecular weight excluding hydrogens is 116 g/mol. The van der Waals surface area contributed by atoms with Crippen molar-refractivity contribution in [1.82, 2.24) is 0 Å². The van der Waals surface area contributed by atoms with E-state index in [9.17, 15) is 9.00 Å². The lowest BCUT2D eigenvalue weighted by atomic mass is 10.8. The fourth-order valence-corrected chi connectivity index (χ4v) is 0.522. The van der Waals surface area contributed by atoms with Gasteiger partial charge in [0.15, 0.2) is 0 Å². The van der Waals surface area contributed by atoms with Crippen molar-refractivity contribution in [3.05, 3.63) is 0 Å². The van der Waals surface area contributed by atoms with Crippen LogP contribution in [0.3, 0.4) is 0 Å². The summed E-state index contributed by atoms with van der Waals surface area (Å²) in [6.07, 6.45) is 1.36. The second-order valence-electron chi connectivity index (χ2n) is 1.11. The number of carboxylic acids is 1. The summed E-state index contributed by atoms with van der Waals surface area (Å²) in [7, 11) is -1.20. The Labute approximate surface area is 43.8 Å². The molecule has 0 aliphatic carbocycles. The molecule has 0 unspecified atom stereocenters. The molecule has 0 heterocycles. The monoisotopic (exact) mass is 122 g/mol. The van der Waals surface area contributed by atoms with Crippen LogP contribution in [0.15, 0.2) is 0 Å². The zero-order valence-corrected chi connectivity index (χ0v) is 4.70. The predicted octanol–water partition coefficient (Wildman–Crippen LogP) is -0.550. The molecule has 0 aromatic carbocycles. The Morgan fingerprint density at radius 2 is 2.29 bits per heavy atom. The molecule has 4 heteroatoms. The minimum Gasteiger partial charge on any atom is -0.481 e. The van der Waals surface area contributed by atoms with Crippen molar-refractivity contribution < 1.29 is 14.1 Å². The molecule has 0 aromatic heterocycles. The molecule has 1 atom stereocenters. The van der Waals surface area contributed by atoms with Gasteiger partial charge in [-0.1, -0.05) is 0 Å². The van der Waals surface area contributed by atoms with E-state index in [0.29, 0.717) is 0 Å². The molecule has 0 fully saturated rings. The van der Waals surface area contributed by atoms with Crippen LogP contribution in [0.5, 0.6) is 0 Å². The van der Waals surface area contributed by atoms with E-state index in [1.54, 1.807) is 0 Å². The van der Waals surface area contributed by atoms with Crippen molar-refractivity contribution >= 4 is 16.8 Å². The van der Waals surface area contributed by atoms with Crippen LogP contribution in [-0.2, 0) is 15.6 Å². The fourth-order valence-electron chi connectivity index (χ4n) is 0.174. The second-order valence-corrected chi connectivity index (χ2v) is 2.55. The quantitative estimate of drug-likeness (QED) is 0.534. The second kappa shape index (κ2) is 2.74. The third-order valence-corrected chi connectivity index (χ3v) is 0.980. The largest absolute Gasteiger partial charge is 0.481 e. The van der Waals surface area contributed by atoms with Gasteiger partial charge in [-0.15, -0.1) is 0 Å². The minimum absolute atomic E-state index is 0.250. The van der Waals surface area contributed by atoms with Crippen molar-refractivity contribution in [3.8, 4) is 0 Å². The Morgan fingerprint density at radius 3 is 2.29 bits per heavy atom. The average molecular weight is 122 g/mol. The van der Waals surface area contributed by atoms with Crippen LogP contribution in [0.4, 0.5) is 0 Å². The van der Waals surface area contributed by atoms with Gasteiger partial charge in [-0.25, -0.2) is 0 Å². The Kier molecular flexibility index (Phi) is 2.59. The Hall–Kier alpha value is -0.380. The van der Waals surface area contributed by atoms with Gasteiger partial charge in [0, 0.05) is 17.1 Å².